The number of hydrogen-bond acceptors (Lipinski definition) is 4. The summed E-state index contributed by atoms with van der Waals surface area (Å²) in [6.45, 7) is 4.06. The molecule has 2 aromatic rings. The van der Waals surface area contributed by atoms with Crippen LogP contribution >= 0.6 is 23.1 Å². The monoisotopic (exact) mass is 296 g/mol. The van der Waals surface area contributed by atoms with Gasteiger partial charge in [-0.15, -0.1) is 23.1 Å². The molecule has 0 bridgehead atoms. The Balaban J connectivity index is 2.54. The first-order valence-electron chi connectivity index (χ1n) is 6.06. The van der Waals surface area contributed by atoms with Gasteiger partial charge in [0.1, 0.15) is 10.8 Å². The summed E-state index contributed by atoms with van der Waals surface area (Å²) in [5, 5.41) is 3.96. The van der Waals surface area contributed by atoms with Crippen LogP contribution in [0, 0.1) is 12.7 Å². The molecule has 0 saturated heterocycles. The summed E-state index contributed by atoms with van der Waals surface area (Å²) in [6, 6.07) is 5.40. The van der Waals surface area contributed by atoms with Gasteiger partial charge in [0.05, 0.1) is 11.3 Å². The van der Waals surface area contributed by atoms with Gasteiger partial charge in [0.2, 0.25) is 0 Å². The Kier molecular flexibility index (Phi) is 4.60. The Morgan fingerprint density at radius 1 is 1.42 bits per heavy atom. The number of thiazole rings is 1. The zero-order valence-corrected chi connectivity index (χ0v) is 13.1. The molecule has 1 aromatic heterocycles. The second-order valence-electron chi connectivity index (χ2n) is 4.30. The maximum atomic E-state index is 14.1. The largest absolute Gasteiger partial charge is 0.312 e. The Bertz CT molecular complexity index is 581. The van der Waals surface area contributed by atoms with Crippen molar-refractivity contribution < 1.29 is 4.39 Å². The van der Waals surface area contributed by atoms with E-state index in [2.05, 4.69) is 17.2 Å². The molecule has 2 rings (SSSR count). The third-order valence-electron chi connectivity index (χ3n) is 3.07. The van der Waals surface area contributed by atoms with Crippen LogP contribution < -0.4 is 5.32 Å². The van der Waals surface area contributed by atoms with Gasteiger partial charge in [-0.3, -0.25) is 0 Å². The number of hydrogen-bond donors (Lipinski definition) is 1. The van der Waals surface area contributed by atoms with E-state index in [0.29, 0.717) is 5.56 Å². The lowest BCUT2D eigenvalue weighted by Gasteiger charge is -2.07. The predicted molar refractivity (Wildman–Crippen MR) is 81.5 cm³/mol. The number of benzene rings is 1. The van der Waals surface area contributed by atoms with Crippen LogP contribution in [0.1, 0.15) is 23.5 Å². The van der Waals surface area contributed by atoms with Crippen molar-refractivity contribution in [3.05, 3.63) is 34.6 Å². The van der Waals surface area contributed by atoms with Crippen molar-refractivity contribution >= 4 is 23.1 Å². The number of nitrogens with one attached hydrogen (secondary N) is 1. The van der Waals surface area contributed by atoms with Crippen molar-refractivity contribution in [1.82, 2.24) is 10.3 Å². The minimum absolute atomic E-state index is 0.204. The third kappa shape index (κ3) is 2.83. The van der Waals surface area contributed by atoms with Crippen LogP contribution in [0.15, 0.2) is 23.1 Å². The third-order valence-corrected chi connectivity index (χ3v) is 5.21. The summed E-state index contributed by atoms with van der Waals surface area (Å²) < 4.78 is 14.1. The molecular weight excluding hydrogens is 279 g/mol. The van der Waals surface area contributed by atoms with Crippen molar-refractivity contribution in [1.29, 1.82) is 0 Å². The first-order chi connectivity index (χ1) is 9.08. The zero-order valence-electron chi connectivity index (χ0n) is 11.5. The molecule has 0 aliphatic carbocycles. The molecule has 1 unspecified atom stereocenters. The second kappa shape index (κ2) is 6.03. The topological polar surface area (TPSA) is 24.9 Å². The average Bonchev–Trinajstić information content (AvgIpc) is 2.79. The maximum Gasteiger partial charge on any atom is 0.134 e. The van der Waals surface area contributed by atoms with Gasteiger partial charge in [-0.25, -0.2) is 9.37 Å². The molecule has 19 heavy (non-hydrogen) atoms. The van der Waals surface area contributed by atoms with Gasteiger partial charge in [0, 0.05) is 15.8 Å². The van der Waals surface area contributed by atoms with Crippen molar-refractivity contribution in [3.8, 4) is 10.6 Å². The minimum atomic E-state index is -0.204. The first kappa shape index (κ1) is 14.5. The van der Waals surface area contributed by atoms with E-state index in [-0.39, 0.29) is 11.9 Å². The molecule has 0 amide bonds. The Morgan fingerprint density at radius 2 is 2.16 bits per heavy atom. The highest BCUT2D eigenvalue weighted by molar-refractivity contribution is 7.98. The molecule has 1 atom stereocenters. The minimum Gasteiger partial charge on any atom is -0.312 e. The van der Waals surface area contributed by atoms with Gasteiger partial charge in [-0.2, -0.15) is 0 Å². The smallest absolute Gasteiger partial charge is 0.134 e. The summed E-state index contributed by atoms with van der Waals surface area (Å²) in [7, 11) is 1.92. The highest BCUT2D eigenvalue weighted by Gasteiger charge is 2.18. The van der Waals surface area contributed by atoms with E-state index >= 15 is 0 Å². The lowest BCUT2D eigenvalue weighted by atomic mass is 10.2. The van der Waals surface area contributed by atoms with E-state index < -0.39 is 0 Å². The summed E-state index contributed by atoms with van der Waals surface area (Å²) in [6.07, 6.45) is 1.95. The average molecular weight is 296 g/mol. The van der Waals surface area contributed by atoms with E-state index in [1.54, 1.807) is 29.2 Å². The Hall–Kier alpha value is -0.910. The Morgan fingerprint density at radius 3 is 2.79 bits per heavy atom. The van der Waals surface area contributed by atoms with E-state index in [0.717, 1.165) is 20.5 Å². The van der Waals surface area contributed by atoms with Gasteiger partial charge in [0.15, 0.2) is 0 Å². The van der Waals surface area contributed by atoms with Crippen LogP contribution in [0.5, 0.6) is 0 Å². The van der Waals surface area contributed by atoms with Crippen molar-refractivity contribution in [2.45, 2.75) is 24.8 Å². The van der Waals surface area contributed by atoms with Crippen LogP contribution in [-0.4, -0.2) is 18.3 Å². The molecule has 1 heterocycles. The van der Waals surface area contributed by atoms with Crippen molar-refractivity contribution in [3.63, 3.8) is 0 Å². The molecule has 5 heteroatoms. The summed E-state index contributed by atoms with van der Waals surface area (Å²) >= 11 is 3.11. The Labute approximate surface area is 121 Å². The van der Waals surface area contributed by atoms with Crippen LogP contribution in [0.4, 0.5) is 4.39 Å². The number of aromatic nitrogens is 1. The lowest BCUT2D eigenvalue weighted by molar-refractivity contribution is 0.628. The van der Waals surface area contributed by atoms with Gasteiger partial charge in [0.25, 0.3) is 0 Å². The van der Waals surface area contributed by atoms with Gasteiger partial charge in [-0.05, 0) is 39.3 Å². The summed E-state index contributed by atoms with van der Waals surface area (Å²) in [4.78, 5) is 6.63. The maximum absolute atomic E-state index is 14.1. The molecule has 0 fully saturated rings. The molecule has 1 aromatic carbocycles. The van der Waals surface area contributed by atoms with Crippen molar-refractivity contribution in [2.24, 2.45) is 0 Å². The van der Waals surface area contributed by atoms with Gasteiger partial charge in [-0.1, -0.05) is 6.07 Å². The molecule has 102 valence electrons. The zero-order chi connectivity index (χ0) is 14.0. The number of nitrogens with zero attached hydrogens (tertiary/aromatic N) is 1. The van der Waals surface area contributed by atoms with Crippen LogP contribution in [0.3, 0.4) is 0 Å². The van der Waals surface area contributed by atoms with Crippen LogP contribution in [-0.2, 0) is 0 Å². The highest BCUT2D eigenvalue weighted by atomic mass is 32.2. The highest BCUT2D eigenvalue weighted by Crippen LogP contribution is 2.37. The van der Waals surface area contributed by atoms with Gasteiger partial charge < -0.3 is 5.32 Å². The van der Waals surface area contributed by atoms with E-state index in [1.807, 2.05) is 26.3 Å². The molecule has 0 saturated carbocycles. The molecule has 2 nitrogen and oxygen atoms in total. The van der Waals surface area contributed by atoms with E-state index in [1.165, 1.54) is 6.07 Å². The first-order valence-corrected chi connectivity index (χ1v) is 8.10. The fourth-order valence-corrected chi connectivity index (χ4v) is 3.80. The quantitative estimate of drug-likeness (QED) is 0.853. The lowest BCUT2D eigenvalue weighted by Crippen LogP contribution is -2.11. The normalized spacial score (nSPS) is 12.7. The summed E-state index contributed by atoms with van der Waals surface area (Å²) in [5.74, 6) is -0.204. The molecule has 0 aliphatic heterocycles. The van der Waals surface area contributed by atoms with Crippen molar-refractivity contribution in [2.75, 3.05) is 13.3 Å². The fourth-order valence-electron chi connectivity index (χ4n) is 1.93. The molecule has 0 spiro atoms. The second-order valence-corrected chi connectivity index (χ2v) is 6.17. The fraction of sp³-hybridized carbons (Fsp3) is 0.357. The SMILES string of the molecule is CNC(C)c1sc(-c2c(F)cccc2SC)nc1C. The van der Waals surface area contributed by atoms with Crippen LogP contribution in [0.25, 0.3) is 10.6 Å². The number of rotatable bonds is 4. The number of thioether (sulfide) groups is 1. The number of halogens is 1. The van der Waals surface area contributed by atoms with Crippen LogP contribution in [0.2, 0.25) is 0 Å². The number of aryl methyl sites for hydroxylation is 1. The summed E-state index contributed by atoms with van der Waals surface area (Å²) in [5.41, 5.74) is 1.59. The molecule has 1 N–H and O–H groups in total. The predicted octanol–water partition coefficient (Wildman–Crippen LogP) is 4.26. The van der Waals surface area contributed by atoms with E-state index in [9.17, 15) is 4.39 Å². The standard InChI is InChI=1S/C14H17FN2S2/c1-8(16-3)13-9(2)17-14(19-13)12-10(15)6-5-7-11(12)18-4/h5-8,16H,1-4H3. The van der Waals surface area contributed by atoms with Gasteiger partial charge >= 0.3 is 0 Å². The molecule has 0 radical (unpaired) electrons. The van der Waals surface area contributed by atoms with E-state index in [4.69, 9.17) is 0 Å². The molecule has 0 aliphatic rings. The molecular formula is C14H17FN2S2.